The first-order valence-electron chi connectivity index (χ1n) is 10.9. The van der Waals surface area contributed by atoms with E-state index in [-0.39, 0.29) is 24.3 Å². The zero-order chi connectivity index (χ0) is 24.4. The van der Waals surface area contributed by atoms with E-state index in [9.17, 15) is 9.59 Å². The number of carbonyl (C=O) groups excluding carboxylic acids is 2. The molecule has 0 N–H and O–H groups in total. The summed E-state index contributed by atoms with van der Waals surface area (Å²) in [5.41, 5.74) is 2.90. The third kappa shape index (κ3) is 5.10. The number of rotatable bonds is 7. The van der Waals surface area contributed by atoms with Crippen molar-refractivity contribution in [2.45, 2.75) is 6.54 Å². The molecule has 1 saturated heterocycles. The maximum Gasteiger partial charge on any atom is 0.293 e. The Morgan fingerprint density at radius 2 is 1.66 bits per heavy atom. The number of hydrogen-bond donors (Lipinski definition) is 0. The second-order valence-corrected chi connectivity index (χ2v) is 9.79. The van der Waals surface area contributed by atoms with Crippen LogP contribution in [0.1, 0.15) is 11.1 Å². The average molecular weight is 523 g/mol. The predicted octanol–water partition coefficient (Wildman–Crippen LogP) is 7.11. The van der Waals surface area contributed by atoms with Gasteiger partial charge in [-0.3, -0.25) is 14.5 Å². The van der Waals surface area contributed by atoms with Crippen molar-refractivity contribution < 1.29 is 14.3 Å². The number of fused-ring (bicyclic) bond motifs is 1. The Kier molecular flexibility index (Phi) is 6.86. The predicted molar refractivity (Wildman–Crippen MR) is 142 cm³/mol. The van der Waals surface area contributed by atoms with E-state index < -0.39 is 0 Å². The third-order valence-corrected chi connectivity index (χ3v) is 7.20. The molecule has 0 unspecified atom stereocenters. The zero-order valence-corrected chi connectivity index (χ0v) is 20.8. The van der Waals surface area contributed by atoms with Crippen LogP contribution in [0.5, 0.6) is 5.75 Å². The van der Waals surface area contributed by atoms with Gasteiger partial charge >= 0.3 is 0 Å². The largest absolute Gasteiger partial charge is 0.492 e. The van der Waals surface area contributed by atoms with Crippen LogP contribution in [0, 0.1) is 0 Å². The van der Waals surface area contributed by atoms with Gasteiger partial charge in [-0.25, -0.2) is 0 Å². The first kappa shape index (κ1) is 23.5. The van der Waals surface area contributed by atoms with Gasteiger partial charge in [0.1, 0.15) is 12.4 Å². The minimum Gasteiger partial charge on any atom is -0.492 e. The number of imide groups is 1. The van der Waals surface area contributed by atoms with E-state index in [0.717, 1.165) is 33.8 Å². The van der Waals surface area contributed by atoms with Crippen molar-refractivity contribution in [2.75, 3.05) is 13.2 Å². The highest BCUT2D eigenvalue weighted by Gasteiger charge is 2.35. The second kappa shape index (κ2) is 10.2. The lowest BCUT2D eigenvalue weighted by atomic mass is 10.1. The number of benzene rings is 3. The quantitative estimate of drug-likeness (QED) is 0.242. The molecule has 1 aromatic heterocycles. The van der Waals surface area contributed by atoms with Gasteiger partial charge in [-0.15, -0.1) is 0 Å². The van der Waals surface area contributed by atoms with Crippen molar-refractivity contribution in [3.63, 3.8) is 0 Å². The summed E-state index contributed by atoms with van der Waals surface area (Å²) in [6, 6.07) is 22.6. The number of halogens is 2. The summed E-state index contributed by atoms with van der Waals surface area (Å²) in [7, 11) is 0. The molecule has 2 heterocycles. The van der Waals surface area contributed by atoms with Gasteiger partial charge in [0.15, 0.2) is 0 Å². The van der Waals surface area contributed by atoms with Crippen LogP contribution < -0.4 is 4.74 Å². The molecule has 1 aliphatic rings. The van der Waals surface area contributed by atoms with Gasteiger partial charge in [-0.05, 0) is 59.8 Å². The van der Waals surface area contributed by atoms with Gasteiger partial charge in [0, 0.05) is 39.3 Å². The number of aromatic nitrogens is 1. The first-order chi connectivity index (χ1) is 17.0. The number of ether oxygens (including phenoxy) is 1. The van der Waals surface area contributed by atoms with E-state index in [2.05, 4.69) is 4.57 Å². The van der Waals surface area contributed by atoms with Crippen molar-refractivity contribution in [1.29, 1.82) is 0 Å². The molecule has 4 aromatic rings. The summed E-state index contributed by atoms with van der Waals surface area (Å²) in [6.07, 6.45) is 3.78. The molecule has 1 aliphatic heterocycles. The van der Waals surface area contributed by atoms with Crippen LogP contribution in [-0.2, 0) is 11.3 Å². The van der Waals surface area contributed by atoms with Crippen LogP contribution in [0.15, 0.2) is 83.9 Å². The number of hydrogen-bond acceptors (Lipinski definition) is 4. The standard InChI is InChI=1S/C27H20Cl2N2O3S/c28-20-9-11-21(12-10-20)34-14-13-31-26(32)25(35-27(31)33)15-19-17-30(24-8-4-2-6-22(19)24)16-18-5-1-3-7-23(18)29/h1-12,15,17H,13-14,16H2/b25-15-. The molecule has 0 atom stereocenters. The molecule has 0 spiro atoms. The molecular formula is C27H20Cl2N2O3S. The number of thioether (sulfide) groups is 1. The fourth-order valence-corrected chi connectivity index (χ4v) is 5.13. The highest BCUT2D eigenvalue weighted by Crippen LogP contribution is 2.34. The molecule has 3 aromatic carbocycles. The summed E-state index contributed by atoms with van der Waals surface area (Å²) in [5.74, 6) is 0.311. The summed E-state index contributed by atoms with van der Waals surface area (Å²) >= 11 is 13.2. The molecule has 0 bridgehead atoms. The fraction of sp³-hybridized carbons (Fsp3) is 0.111. The van der Waals surface area contributed by atoms with E-state index in [1.165, 1.54) is 4.90 Å². The summed E-state index contributed by atoms with van der Waals surface area (Å²) in [4.78, 5) is 27.2. The zero-order valence-electron chi connectivity index (χ0n) is 18.5. The van der Waals surface area contributed by atoms with Gasteiger partial charge < -0.3 is 9.30 Å². The average Bonchev–Trinajstić information content (AvgIpc) is 3.33. The summed E-state index contributed by atoms with van der Waals surface area (Å²) < 4.78 is 7.76. The highest BCUT2D eigenvalue weighted by atomic mass is 35.5. The van der Waals surface area contributed by atoms with Crippen molar-refractivity contribution in [2.24, 2.45) is 0 Å². The molecule has 8 heteroatoms. The normalized spacial score (nSPS) is 14.9. The summed E-state index contributed by atoms with van der Waals surface area (Å²) in [6.45, 7) is 0.959. The van der Waals surface area contributed by atoms with Gasteiger partial charge in [-0.2, -0.15) is 0 Å². The van der Waals surface area contributed by atoms with Crippen LogP contribution in [0.3, 0.4) is 0 Å². The van der Waals surface area contributed by atoms with E-state index in [1.54, 1.807) is 30.3 Å². The number of carbonyl (C=O) groups is 2. The van der Waals surface area contributed by atoms with E-state index >= 15 is 0 Å². The SMILES string of the molecule is O=C1S/C(=C\c2cn(Cc3ccccc3Cl)c3ccccc23)C(=O)N1CCOc1ccc(Cl)cc1. The van der Waals surface area contributed by atoms with Crippen LogP contribution >= 0.6 is 35.0 Å². The molecule has 1 fully saturated rings. The molecule has 176 valence electrons. The molecule has 2 amide bonds. The lowest BCUT2D eigenvalue weighted by Gasteiger charge is -2.13. The maximum absolute atomic E-state index is 13.0. The van der Waals surface area contributed by atoms with Gasteiger partial charge in [-0.1, -0.05) is 59.6 Å². The number of nitrogens with zero attached hydrogens (tertiary/aromatic N) is 2. The highest BCUT2D eigenvalue weighted by molar-refractivity contribution is 8.18. The maximum atomic E-state index is 13.0. The second-order valence-electron chi connectivity index (χ2n) is 7.96. The fourth-order valence-electron chi connectivity index (χ4n) is 3.95. The lowest BCUT2D eigenvalue weighted by molar-refractivity contribution is -0.123. The number of para-hydroxylation sites is 1. The Morgan fingerprint density at radius 3 is 2.46 bits per heavy atom. The Hall–Kier alpha value is -3.19. The van der Waals surface area contributed by atoms with Crippen molar-refractivity contribution in [3.05, 3.63) is 105 Å². The Balaban J connectivity index is 1.35. The van der Waals surface area contributed by atoms with Crippen LogP contribution in [-0.4, -0.2) is 33.8 Å². The first-order valence-corrected chi connectivity index (χ1v) is 12.5. The molecule has 5 nitrogen and oxygen atoms in total. The Bertz CT molecular complexity index is 1450. The summed E-state index contributed by atoms with van der Waals surface area (Å²) in [5, 5.41) is 2.01. The lowest BCUT2D eigenvalue weighted by Crippen LogP contribution is -2.32. The minimum absolute atomic E-state index is 0.166. The van der Waals surface area contributed by atoms with Gasteiger partial charge in [0.25, 0.3) is 11.1 Å². The van der Waals surface area contributed by atoms with Gasteiger partial charge in [0.2, 0.25) is 0 Å². The minimum atomic E-state index is -0.317. The van der Waals surface area contributed by atoms with E-state index in [1.807, 2.05) is 54.7 Å². The topological polar surface area (TPSA) is 51.5 Å². The van der Waals surface area contributed by atoms with E-state index in [4.69, 9.17) is 27.9 Å². The third-order valence-electron chi connectivity index (χ3n) is 5.68. The molecule has 0 radical (unpaired) electrons. The van der Waals surface area contributed by atoms with Crippen molar-refractivity contribution >= 4 is 63.1 Å². The smallest absolute Gasteiger partial charge is 0.293 e. The molecular weight excluding hydrogens is 503 g/mol. The molecule has 35 heavy (non-hydrogen) atoms. The Labute approximate surface area is 216 Å². The van der Waals surface area contributed by atoms with Gasteiger partial charge in [0.05, 0.1) is 11.4 Å². The van der Waals surface area contributed by atoms with Crippen LogP contribution in [0.25, 0.3) is 17.0 Å². The molecule has 0 aliphatic carbocycles. The van der Waals surface area contributed by atoms with Crippen molar-refractivity contribution in [1.82, 2.24) is 9.47 Å². The Morgan fingerprint density at radius 1 is 0.914 bits per heavy atom. The van der Waals surface area contributed by atoms with Crippen LogP contribution in [0.2, 0.25) is 10.0 Å². The van der Waals surface area contributed by atoms with E-state index in [0.29, 0.717) is 27.2 Å². The monoisotopic (exact) mass is 522 g/mol. The van der Waals surface area contributed by atoms with Crippen molar-refractivity contribution in [3.8, 4) is 5.75 Å². The number of amides is 2. The molecule has 0 saturated carbocycles. The molecule has 5 rings (SSSR count). The van der Waals surface area contributed by atoms with Crippen LogP contribution in [0.4, 0.5) is 4.79 Å².